The van der Waals surface area contributed by atoms with Crippen molar-refractivity contribution in [3.05, 3.63) is 48.4 Å². The molecular weight excluding hydrogens is 310 g/mol. The van der Waals surface area contributed by atoms with Crippen LogP contribution in [0.3, 0.4) is 0 Å². The predicted molar refractivity (Wildman–Crippen MR) is 89.9 cm³/mol. The van der Waals surface area contributed by atoms with Crippen molar-refractivity contribution < 1.29 is 4.79 Å². The molecule has 0 aliphatic heterocycles. The molecule has 0 radical (unpaired) electrons. The van der Waals surface area contributed by atoms with Crippen LogP contribution in [-0.4, -0.2) is 30.9 Å². The van der Waals surface area contributed by atoms with Gasteiger partial charge < -0.3 is 5.32 Å². The highest BCUT2D eigenvalue weighted by molar-refractivity contribution is 8.00. The highest BCUT2D eigenvalue weighted by Gasteiger charge is 2.17. The molecule has 1 N–H and O–H groups in total. The molecule has 0 fully saturated rings. The van der Waals surface area contributed by atoms with E-state index < -0.39 is 0 Å². The highest BCUT2D eigenvalue weighted by Crippen LogP contribution is 2.27. The van der Waals surface area contributed by atoms with Gasteiger partial charge in [0.2, 0.25) is 5.91 Å². The van der Waals surface area contributed by atoms with Crippen LogP contribution in [-0.2, 0) is 18.4 Å². The van der Waals surface area contributed by atoms with Crippen molar-refractivity contribution in [3.63, 3.8) is 0 Å². The van der Waals surface area contributed by atoms with Crippen LogP contribution in [0.1, 0.15) is 12.5 Å². The van der Waals surface area contributed by atoms with Gasteiger partial charge in [0.15, 0.2) is 5.65 Å². The van der Waals surface area contributed by atoms with Crippen LogP contribution < -0.4 is 5.32 Å². The van der Waals surface area contributed by atoms with Gasteiger partial charge in [-0.2, -0.15) is 5.10 Å². The van der Waals surface area contributed by atoms with Crippen molar-refractivity contribution in [2.24, 2.45) is 7.05 Å². The van der Waals surface area contributed by atoms with Crippen LogP contribution in [0, 0.1) is 0 Å². The molecule has 1 amide bonds. The number of carbonyl (C=O) groups excluding carboxylic acids is 1. The first-order valence-electron chi connectivity index (χ1n) is 7.26. The Morgan fingerprint density at radius 3 is 2.87 bits per heavy atom. The number of aryl methyl sites for hydroxylation is 1. The fraction of sp³-hybridized carbons (Fsp3) is 0.250. The number of rotatable bonds is 5. The number of hydrogen-bond donors (Lipinski definition) is 1. The lowest BCUT2D eigenvalue weighted by Gasteiger charge is -2.12. The lowest BCUT2D eigenvalue weighted by Crippen LogP contribution is -2.30. The second-order valence-electron chi connectivity index (χ2n) is 5.15. The summed E-state index contributed by atoms with van der Waals surface area (Å²) in [5.74, 6) is -0.0190. The van der Waals surface area contributed by atoms with Crippen LogP contribution in [0.4, 0.5) is 0 Å². The Balaban J connectivity index is 1.66. The fourth-order valence-electron chi connectivity index (χ4n) is 2.18. The van der Waals surface area contributed by atoms with Crippen LogP contribution >= 0.6 is 11.8 Å². The van der Waals surface area contributed by atoms with Gasteiger partial charge in [0.1, 0.15) is 11.4 Å². The minimum absolute atomic E-state index is 0.0190. The van der Waals surface area contributed by atoms with Crippen LogP contribution in [0.25, 0.3) is 11.0 Å². The van der Waals surface area contributed by atoms with Gasteiger partial charge in [0, 0.05) is 13.6 Å². The zero-order valence-electron chi connectivity index (χ0n) is 12.9. The van der Waals surface area contributed by atoms with Crippen LogP contribution in [0.2, 0.25) is 0 Å². The van der Waals surface area contributed by atoms with Crippen molar-refractivity contribution in [1.29, 1.82) is 0 Å². The molecule has 6 nitrogen and oxygen atoms in total. The van der Waals surface area contributed by atoms with E-state index in [2.05, 4.69) is 20.4 Å². The maximum Gasteiger partial charge on any atom is 0.233 e. The standard InChI is InChI=1S/C16H17N5OS/c1-11(15(22)17-8-12-6-4-3-5-7-12)23-16-13-9-20-21(2)14(13)18-10-19-16/h3-7,9-11H,8H2,1-2H3,(H,17,22). The lowest BCUT2D eigenvalue weighted by atomic mass is 10.2. The van der Waals surface area contributed by atoms with Gasteiger partial charge in [-0.1, -0.05) is 42.1 Å². The summed E-state index contributed by atoms with van der Waals surface area (Å²) in [4.78, 5) is 20.8. The number of amides is 1. The maximum atomic E-state index is 12.3. The summed E-state index contributed by atoms with van der Waals surface area (Å²) in [6.07, 6.45) is 3.23. The summed E-state index contributed by atoms with van der Waals surface area (Å²) in [5.41, 5.74) is 1.84. The topological polar surface area (TPSA) is 72.7 Å². The molecule has 0 aliphatic rings. The number of hydrogen-bond acceptors (Lipinski definition) is 5. The molecule has 7 heteroatoms. The van der Waals surface area contributed by atoms with Crippen molar-refractivity contribution in [3.8, 4) is 0 Å². The van der Waals surface area contributed by atoms with Gasteiger partial charge in [-0.05, 0) is 12.5 Å². The second kappa shape index (κ2) is 6.78. The van der Waals surface area contributed by atoms with Gasteiger partial charge in [-0.3, -0.25) is 9.48 Å². The summed E-state index contributed by atoms with van der Waals surface area (Å²) in [6, 6.07) is 9.85. The molecule has 0 spiro atoms. The molecule has 1 unspecified atom stereocenters. The third-order valence-corrected chi connectivity index (χ3v) is 4.58. The van der Waals surface area contributed by atoms with Gasteiger partial charge in [0.25, 0.3) is 0 Å². The second-order valence-corrected chi connectivity index (χ2v) is 6.48. The van der Waals surface area contributed by atoms with Gasteiger partial charge in [0.05, 0.1) is 16.8 Å². The van der Waals surface area contributed by atoms with E-state index >= 15 is 0 Å². The SMILES string of the molecule is CC(Sc1ncnc2c1cnn2C)C(=O)NCc1ccccc1. The zero-order chi connectivity index (χ0) is 16.2. The van der Waals surface area contributed by atoms with E-state index in [1.807, 2.05) is 44.3 Å². The van der Waals surface area contributed by atoms with Gasteiger partial charge in [-0.15, -0.1) is 0 Å². The molecule has 1 atom stereocenters. The Morgan fingerprint density at radius 1 is 1.30 bits per heavy atom. The number of aromatic nitrogens is 4. The first-order chi connectivity index (χ1) is 11.1. The minimum atomic E-state index is -0.253. The Kier molecular flexibility index (Phi) is 4.57. The highest BCUT2D eigenvalue weighted by atomic mass is 32.2. The summed E-state index contributed by atoms with van der Waals surface area (Å²) >= 11 is 1.41. The number of nitrogens with one attached hydrogen (secondary N) is 1. The molecule has 3 rings (SSSR count). The smallest absolute Gasteiger partial charge is 0.233 e. The average Bonchev–Trinajstić information content (AvgIpc) is 2.96. The molecule has 2 aromatic heterocycles. The molecule has 3 aromatic rings. The van der Waals surface area contributed by atoms with E-state index in [4.69, 9.17) is 0 Å². The van der Waals surface area contributed by atoms with Crippen LogP contribution in [0.5, 0.6) is 0 Å². The minimum Gasteiger partial charge on any atom is -0.351 e. The fourth-order valence-corrected chi connectivity index (χ4v) is 3.09. The molecule has 2 heterocycles. The van der Waals surface area contributed by atoms with Gasteiger partial charge in [-0.25, -0.2) is 9.97 Å². The largest absolute Gasteiger partial charge is 0.351 e. The Bertz CT molecular complexity index is 818. The molecular formula is C16H17N5OS. The molecule has 0 bridgehead atoms. The van der Waals surface area contributed by atoms with E-state index in [0.29, 0.717) is 6.54 Å². The van der Waals surface area contributed by atoms with E-state index in [1.54, 1.807) is 10.9 Å². The summed E-state index contributed by atoms with van der Waals surface area (Å²) in [6.45, 7) is 2.39. The number of fused-ring (bicyclic) bond motifs is 1. The molecule has 0 aliphatic carbocycles. The quantitative estimate of drug-likeness (QED) is 0.574. The number of benzene rings is 1. The van der Waals surface area contributed by atoms with Crippen molar-refractivity contribution in [2.75, 3.05) is 0 Å². The molecule has 118 valence electrons. The first-order valence-corrected chi connectivity index (χ1v) is 8.14. The lowest BCUT2D eigenvalue weighted by molar-refractivity contribution is -0.120. The van der Waals surface area contributed by atoms with E-state index in [1.165, 1.54) is 18.1 Å². The third-order valence-electron chi connectivity index (χ3n) is 3.46. The summed E-state index contributed by atoms with van der Waals surface area (Å²) < 4.78 is 1.70. The Hall–Kier alpha value is -2.41. The molecule has 0 saturated heterocycles. The Morgan fingerprint density at radius 2 is 2.09 bits per heavy atom. The third kappa shape index (κ3) is 3.50. The van der Waals surface area contributed by atoms with E-state index in [9.17, 15) is 4.79 Å². The number of thioether (sulfide) groups is 1. The number of nitrogens with zero attached hydrogens (tertiary/aromatic N) is 4. The van der Waals surface area contributed by atoms with Crippen molar-refractivity contribution in [1.82, 2.24) is 25.1 Å². The molecule has 1 aromatic carbocycles. The summed E-state index contributed by atoms with van der Waals surface area (Å²) in [7, 11) is 1.83. The first kappa shape index (κ1) is 15.5. The average molecular weight is 327 g/mol. The monoisotopic (exact) mass is 327 g/mol. The summed E-state index contributed by atoms with van der Waals surface area (Å²) in [5, 5.41) is 8.51. The number of carbonyl (C=O) groups is 1. The van der Waals surface area contributed by atoms with Crippen molar-refractivity contribution in [2.45, 2.75) is 23.7 Å². The zero-order valence-corrected chi connectivity index (χ0v) is 13.7. The van der Waals surface area contributed by atoms with Crippen molar-refractivity contribution >= 4 is 28.7 Å². The van der Waals surface area contributed by atoms with E-state index in [0.717, 1.165) is 21.6 Å². The predicted octanol–water partition coefficient (Wildman–Crippen LogP) is 2.16. The normalized spacial score (nSPS) is 12.3. The molecule has 23 heavy (non-hydrogen) atoms. The van der Waals surface area contributed by atoms with E-state index in [-0.39, 0.29) is 11.2 Å². The maximum absolute atomic E-state index is 12.3. The van der Waals surface area contributed by atoms with Crippen LogP contribution in [0.15, 0.2) is 47.9 Å². The Labute approximate surface area is 138 Å². The van der Waals surface area contributed by atoms with Gasteiger partial charge >= 0.3 is 0 Å². The molecule has 0 saturated carbocycles.